The molecule has 0 aliphatic carbocycles. The van der Waals surface area contributed by atoms with Crippen molar-refractivity contribution in [3.8, 4) is 0 Å². The minimum Gasteiger partial charge on any atom is -0.397 e. The lowest BCUT2D eigenvalue weighted by atomic mass is 9.84. The standard InChI is InChI=1S/C14H22N4O2S/c1-14(2)5-4-6-18(7-14)13-8(11(16)19)9(15)10(21-13)12(20)17-3/h4-7,15H2,1-3H3,(H2,16,19)(H,17,20). The number of nitrogens with one attached hydrogen (secondary N) is 1. The highest BCUT2D eigenvalue weighted by Crippen LogP contribution is 2.41. The molecule has 6 nitrogen and oxygen atoms in total. The molecule has 116 valence electrons. The Morgan fingerprint density at radius 1 is 1.38 bits per heavy atom. The summed E-state index contributed by atoms with van der Waals surface area (Å²) in [7, 11) is 1.54. The Balaban J connectivity index is 2.47. The first kappa shape index (κ1) is 15.6. The van der Waals surface area contributed by atoms with Gasteiger partial charge in [-0.15, -0.1) is 11.3 Å². The second kappa shape index (κ2) is 5.55. The average Bonchev–Trinajstić information content (AvgIpc) is 2.74. The van der Waals surface area contributed by atoms with Gasteiger partial charge in [0.25, 0.3) is 11.8 Å². The van der Waals surface area contributed by atoms with Gasteiger partial charge in [-0.3, -0.25) is 9.59 Å². The van der Waals surface area contributed by atoms with Crippen molar-refractivity contribution < 1.29 is 9.59 Å². The number of nitrogens with zero attached hydrogens (tertiary/aromatic N) is 1. The number of piperidine rings is 1. The van der Waals surface area contributed by atoms with Gasteiger partial charge in [-0.05, 0) is 18.3 Å². The van der Waals surface area contributed by atoms with Gasteiger partial charge in [0.2, 0.25) is 0 Å². The Kier molecular flexibility index (Phi) is 4.13. The molecule has 0 unspecified atom stereocenters. The maximum Gasteiger partial charge on any atom is 0.263 e. The van der Waals surface area contributed by atoms with E-state index in [0.717, 1.165) is 25.9 Å². The normalized spacial score (nSPS) is 17.6. The highest BCUT2D eigenvalue weighted by atomic mass is 32.1. The number of hydrogen-bond donors (Lipinski definition) is 3. The van der Waals surface area contributed by atoms with E-state index < -0.39 is 5.91 Å². The van der Waals surface area contributed by atoms with Crippen LogP contribution in [-0.2, 0) is 0 Å². The zero-order valence-corrected chi connectivity index (χ0v) is 13.5. The SMILES string of the molecule is CNC(=O)c1sc(N2CCCC(C)(C)C2)c(C(N)=O)c1N. The fourth-order valence-electron chi connectivity index (χ4n) is 2.77. The van der Waals surface area contributed by atoms with Crippen molar-refractivity contribution in [3.63, 3.8) is 0 Å². The summed E-state index contributed by atoms with van der Waals surface area (Å²) in [6, 6.07) is 0. The van der Waals surface area contributed by atoms with Crippen LogP contribution in [0.25, 0.3) is 0 Å². The van der Waals surface area contributed by atoms with Crippen LogP contribution >= 0.6 is 11.3 Å². The number of nitrogen functional groups attached to an aromatic ring is 1. The summed E-state index contributed by atoms with van der Waals surface area (Å²) in [4.78, 5) is 26.1. The molecule has 2 rings (SSSR count). The zero-order chi connectivity index (χ0) is 15.8. The van der Waals surface area contributed by atoms with E-state index in [0.29, 0.717) is 9.88 Å². The molecule has 1 fully saturated rings. The van der Waals surface area contributed by atoms with Crippen molar-refractivity contribution in [1.82, 2.24) is 5.32 Å². The molecule has 0 saturated carbocycles. The molecule has 0 aromatic carbocycles. The summed E-state index contributed by atoms with van der Waals surface area (Å²) in [6.07, 6.45) is 2.18. The number of primary amides is 1. The lowest BCUT2D eigenvalue weighted by molar-refractivity contribution is 0.0967. The summed E-state index contributed by atoms with van der Waals surface area (Å²) in [5, 5.41) is 3.26. The van der Waals surface area contributed by atoms with Gasteiger partial charge in [0, 0.05) is 20.1 Å². The monoisotopic (exact) mass is 310 g/mol. The molecular weight excluding hydrogens is 288 g/mol. The van der Waals surface area contributed by atoms with E-state index in [2.05, 4.69) is 24.1 Å². The maximum absolute atomic E-state index is 11.9. The molecule has 2 heterocycles. The molecule has 1 aliphatic rings. The van der Waals surface area contributed by atoms with Crippen LogP contribution in [0.1, 0.15) is 46.7 Å². The van der Waals surface area contributed by atoms with Crippen LogP contribution in [0.5, 0.6) is 0 Å². The Morgan fingerprint density at radius 3 is 2.57 bits per heavy atom. The van der Waals surface area contributed by atoms with Crippen LogP contribution in [0.15, 0.2) is 0 Å². The molecule has 0 radical (unpaired) electrons. The van der Waals surface area contributed by atoms with E-state index >= 15 is 0 Å². The van der Waals surface area contributed by atoms with E-state index in [1.807, 2.05) is 0 Å². The number of nitrogens with two attached hydrogens (primary N) is 2. The molecule has 0 bridgehead atoms. The lowest BCUT2D eigenvalue weighted by Gasteiger charge is -2.39. The summed E-state index contributed by atoms with van der Waals surface area (Å²) in [6.45, 7) is 6.05. The van der Waals surface area contributed by atoms with Crippen LogP contribution in [0.2, 0.25) is 0 Å². The predicted octanol–water partition coefficient (Wildman–Crippen LogP) is 1.42. The first-order valence-electron chi connectivity index (χ1n) is 6.96. The highest BCUT2D eigenvalue weighted by molar-refractivity contribution is 7.19. The molecule has 5 N–H and O–H groups in total. The Labute approximate surface area is 128 Å². The third-order valence-electron chi connectivity index (χ3n) is 3.79. The molecule has 2 amide bonds. The fraction of sp³-hybridized carbons (Fsp3) is 0.571. The predicted molar refractivity (Wildman–Crippen MR) is 85.9 cm³/mol. The molecule has 0 spiro atoms. The van der Waals surface area contributed by atoms with Gasteiger partial charge in [-0.2, -0.15) is 0 Å². The molecule has 1 saturated heterocycles. The minimum atomic E-state index is -0.586. The van der Waals surface area contributed by atoms with Crippen molar-refractivity contribution in [2.45, 2.75) is 26.7 Å². The van der Waals surface area contributed by atoms with Gasteiger partial charge < -0.3 is 21.7 Å². The number of amides is 2. The van der Waals surface area contributed by atoms with Crippen LogP contribution in [-0.4, -0.2) is 32.0 Å². The van der Waals surface area contributed by atoms with Crippen LogP contribution in [0.3, 0.4) is 0 Å². The van der Waals surface area contributed by atoms with Crippen molar-refractivity contribution in [3.05, 3.63) is 10.4 Å². The second-order valence-corrected chi connectivity index (χ2v) is 7.16. The van der Waals surface area contributed by atoms with Gasteiger partial charge in [0.15, 0.2) is 0 Å². The Hall–Kier alpha value is -1.76. The van der Waals surface area contributed by atoms with Gasteiger partial charge in [0.1, 0.15) is 9.88 Å². The fourth-order valence-corrected chi connectivity index (χ4v) is 3.97. The summed E-state index contributed by atoms with van der Waals surface area (Å²) < 4.78 is 0. The van der Waals surface area contributed by atoms with Gasteiger partial charge >= 0.3 is 0 Å². The third kappa shape index (κ3) is 2.97. The quantitative estimate of drug-likeness (QED) is 0.785. The number of thiophene rings is 1. The van der Waals surface area contributed by atoms with Gasteiger partial charge in [0.05, 0.1) is 11.3 Å². The molecule has 1 aromatic rings. The van der Waals surface area contributed by atoms with Crippen molar-refractivity contribution in [2.24, 2.45) is 11.1 Å². The molecule has 1 aliphatic heterocycles. The number of hydrogen-bond acceptors (Lipinski definition) is 5. The first-order chi connectivity index (χ1) is 9.76. The maximum atomic E-state index is 11.9. The first-order valence-corrected chi connectivity index (χ1v) is 7.77. The third-order valence-corrected chi connectivity index (χ3v) is 5.06. The average molecular weight is 310 g/mol. The molecule has 21 heavy (non-hydrogen) atoms. The number of carbonyl (C=O) groups is 2. The summed E-state index contributed by atoms with van der Waals surface area (Å²) >= 11 is 1.24. The Bertz CT molecular complexity index is 580. The van der Waals surface area contributed by atoms with Gasteiger partial charge in [-0.25, -0.2) is 0 Å². The van der Waals surface area contributed by atoms with Crippen LogP contribution < -0.4 is 21.7 Å². The van der Waals surface area contributed by atoms with E-state index in [1.165, 1.54) is 18.4 Å². The minimum absolute atomic E-state index is 0.166. The Morgan fingerprint density at radius 2 is 2.05 bits per heavy atom. The molecular formula is C14H22N4O2S. The van der Waals surface area contributed by atoms with Crippen molar-refractivity contribution >= 4 is 33.8 Å². The molecule has 7 heteroatoms. The van der Waals surface area contributed by atoms with Crippen LogP contribution in [0.4, 0.5) is 10.7 Å². The molecule has 1 aromatic heterocycles. The molecule has 0 atom stereocenters. The number of carbonyl (C=O) groups excluding carboxylic acids is 2. The number of rotatable bonds is 3. The summed E-state index contributed by atoms with van der Waals surface area (Å²) in [5.41, 5.74) is 12.1. The van der Waals surface area contributed by atoms with Crippen LogP contribution in [0, 0.1) is 5.41 Å². The van der Waals surface area contributed by atoms with Gasteiger partial charge in [-0.1, -0.05) is 13.8 Å². The topological polar surface area (TPSA) is 101 Å². The lowest BCUT2D eigenvalue weighted by Crippen LogP contribution is -2.40. The van der Waals surface area contributed by atoms with E-state index in [-0.39, 0.29) is 22.6 Å². The second-order valence-electron chi connectivity index (χ2n) is 6.16. The summed E-state index contributed by atoms with van der Waals surface area (Å²) in [5.74, 6) is -0.875. The van der Waals surface area contributed by atoms with Crippen molar-refractivity contribution in [1.29, 1.82) is 0 Å². The number of anilines is 2. The largest absolute Gasteiger partial charge is 0.397 e. The zero-order valence-electron chi connectivity index (χ0n) is 12.7. The smallest absolute Gasteiger partial charge is 0.263 e. The van der Waals surface area contributed by atoms with E-state index in [1.54, 1.807) is 0 Å². The van der Waals surface area contributed by atoms with E-state index in [9.17, 15) is 9.59 Å². The van der Waals surface area contributed by atoms with Crippen molar-refractivity contribution in [2.75, 3.05) is 30.8 Å². The highest BCUT2D eigenvalue weighted by Gasteiger charge is 2.32. The van der Waals surface area contributed by atoms with E-state index in [4.69, 9.17) is 11.5 Å².